The second kappa shape index (κ2) is 8.71. The van der Waals surface area contributed by atoms with E-state index in [0.717, 1.165) is 24.0 Å². The number of alkyl halides is 3. The Balaban J connectivity index is 0.00000126. The molecule has 0 aliphatic heterocycles. The Hall–Kier alpha value is -2.82. The van der Waals surface area contributed by atoms with Crippen LogP contribution in [0, 0.1) is 0 Å². The molecule has 0 fully saturated rings. The minimum atomic E-state index is -4.50. The Bertz CT molecular complexity index is 891. The molecule has 0 saturated carbocycles. The highest BCUT2D eigenvalue weighted by Gasteiger charge is 2.32. The number of carbonyl (C=O) groups is 1. The lowest BCUT2D eigenvalue weighted by atomic mass is 10.2. The Kier molecular flexibility index (Phi) is 6.61. The molecule has 0 unspecified atom stereocenters. The van der Waals surface area contributed by atoms with E-state index in [-0.39, 0.29) is 16.7 Å². The molecule has 0 bridgehead atoms. The number of furan rings is 1. The fraction of sp³-hybridized carbons (Fsp3) is 0.250. The molecule has 0 aliphatic carbocycles. The molecule has 3 heterocycles. The van der Waals surface area contributed by atoms with Gasteiger partial charge in [-0.25, -0.2) is 0 Å². The number of carboxylic acid groups (broad SMARTS) is 1. The zero-order valence-electron chi connectivity index (χ0n) is 14.2. The standard InChI is InChI=1S/C14H9F3N4O3S.C2H6/c15-14(16,17)10-4-1-7(5-18-10)8-2-3-9(24-8)12-19-13(21-20-12)25-6-11(22)23;1-2/h1-5H,6H2,(H,22,23)(H,19,20,21);1-2H3. The minimum absolute atomic E-state index is 0.183. The third kappa shape index (κ3) is 5.33. The van der Waals surface area contributed by atoms with Crippen molar-refractivity contribution in [3.05, 3.63) is 36.2 Å². The van der Waals surface area contributed by atoms with Crippen molar-refractivity contribution < 1.29 is 27.5 Å². The summed E-state index contributed by atoms with van der Waals surface area (Å²) in [4.78, 5) is 18.0. The fourth-order valence-corrected chi connectivity index (χ4v) is 2.39. The molecule has 3 aromatic rings. The van der Waals surface area contributed by atoms with Crippen LogP contribution in [0.5, 0.6) is 0 Å². The summed E-state index contributed by atoms with van der Waals surface area (Å²) < 4.78 is 43.1. The van der Waals surface area contributed by atoms with Crippen molar-refractivity contribution in [2.24, 2.45) is 0 Å². The average molecular weight is 400 g/mol. The topological polar surface area (TPSA) is 105 Å². The van der Waals surface area contributed by atoms with Crippen LogP contribution >= 0.6 is 11.8 Å². The van der Waals surface area contributed by atoms with Crippen molar-refractivity contribution in [1.82, 2.24) is 20.2 Å². The second-order valence-corrected chi connectivity index (χ2v) is 5.69. The first-order chi connectivity index (χ1) is 12.8. The Morgan fingerprint density at radius 3 is 2.52 bits per heavy atom. The van der Waals surface area contributed by atoms with Crippen molar-refractivity contribution in [3.63, 3.8) is 0 Å². The van der Waals surface area contributed by atoms with Crippen LogP contribution in [0.1, 0.15) is 19.5 Å². The van der Waals surface area contributed by atoms with E-state index in [4.69, 9.17) is 9.52 Å². The Labute approximate surface area is 156 Å². The molecule has 3 rings (SSSR count). The summed E-state index contributed by atoms with van der Waals surface area (Å²) >= 11 is 0.940. The number of pyridine rings is 1. The molecule has 0 aromatic carbocycles. The third-order valence-electron chi connectivity index (χ3n) is 2.97. The van der Waals surface area contributed by atoms with Gasteiger partial charge in [0, 0.05) is 11.8 Å². The summed E-state index contributed by atoms with van der Waals surface area (Å²) in [6.45, 7) is 4.00. The van der Waals surface area contributed by atoms with E-state index in [0.29, 0.717) is 17.1 Å². The molecule has 11 heteroatoms. The molecule has 0 spiro atoms. The average Bonchev–Trinajstić information content (AvgIpc) is 3.30. The fourth-order valence-electron chi connectivity index (χ4n) is 1.88. The van der Waals surface area contributed by atoms with Crippen LogP contribution in [0.4, 0.5) is 13.2 Å². The summed E-state index contributed by atoms with van der Waals surface area (Å²) in [5.41, 5.74) is -0.613. The van der Waals surface area contributed by atoms with E-state index in [9.17, 15) is 18.0 Å². The number of carboxylic acids is 1. The number of aliphatic carboxylic acids is 1. The van der Waals surface area contributed by atoms with Crippen LogP contribution in [-0.2, 0) is 11.0 Å². The number of hydrogen-bond acceptors (Lipinski definition) is 6. The van der Waals surface area contributed by atoms with Gasteiger partial charge in [0.15, 0.2) is 11.6 Å². The first-order valence-corrected chi connectivity index (χ1v) is 8.72. The summed E-state index contributed by atoms with van der Waals surface area (Å²) in [7, 11) is 0. The third-order valence-corrected chi connectivity index (χ3v) is 3.80. The first kappa shape index (κ1) is 20.5. The largest absolute Gasteiger partial charge is 0.481 e. The number of nitrogens with one attached hydrogen (secondary N) is 1. The van der Waals surface area contributed by atoms with Gasteiger partial charge in [0.2, 0.25) is 5.16 Å². The molecule has 3 aromatic heterocycles. The molecule has 144 valence electrons. The van der Waals surface area contributed by atoms with E-state index in [1.54, 1.807) is 12.1 Å². The van der Waals surface area contributed by atoms with Gasteiger partial charge >= 0.3 is 12.1 Å². The van der Waals surface area contributed by atoms with Gasteiger partial charge in [0.25, 0.3) is 0 Å². The van der Waals surface area contributed by atoms with Crippen molar-refractivity contribution in [1.29, 1.82) is 0 Å². The monoisotopic (exact) mass is 400 g/mol. The number of rotatable bonds is 5. The quantitative estimate of drug-likeness (QED) is 0.614. The number of H-pyrrole nitrogens is 1. The van der Waals surface area contributed by atoms with Gasteiger partial charge in [-0.05, 0) is 24.3 Å². The zero-order valence-corrected chi connectivity index (χ0v) is 15.1. The van der Waals surface area contributed by atoms with Gasteiger partial charge in [0.1, 0.15) is 11.5 Å². The van der Waals surface area contributed by atoms with Gasteiger partial charge in [-0.15, -0.1) is 5.10 Å². The smallest absolute Gasteiger partial charge is 0.433 e. The van der Waals surface area contributed by atoms with E-state index in [2.05, 4.69) is 20.2 Å². The molecule has 2 N–H and O–H groups in total. The van der Waals surface area contributed by atoms with Crippen molar-refractivity contribution in [3.8, 4) is 22.9 Å². The number of aromatic nitrogens is 4. The summed E-state index contributed by atoms with van der Waals surface area (Å²) in [6.07, 6.45) is -3.43. The Morgan fingerprint density at radius 2 is 1.93 bits per heavy atom. The van der Waals surface area contributed by atoms with E-state index >= 15 is 0 Å². The molecular weight excluding hydrogens is 385 g/mol. The van der Waals surface area contributed by atoms with Gasteiger partial charge in [-0.2, -0.15) is 18.2 Å². The molecule has 27 heavy (non-hydrogen) atoms. The predicted octanol–water partition coefficient (Wildman–Crippen LogP) is 4.35. The maximum absolute atomic E-state index is 12.5. The highest BCUT2D eigenvalue weighted by Crippen LogP contribution is 2.31. The summed E-state index contributed by atoms with van der Waals surface area (Å²) in [5, 5.41) is 15.3. The van der Waals surface area contributed by atoms with Crippen LogP contribution in [0.2, 0.25) is 0 Å². The van der Waals surface area contributed by atoms with Gasteiger partial charge in [0.05, 0.1) is 5.75 Å². The Morgan fingerprint density at radius 1 is 1.22 bits per heavy atom. The maximum Gasteiger partial charge on any atom is 0.433 e. The first-order valence-electron chi connectivity index (χ1n) is 7.74. The predicted molar refractivity (Wildman–Crippen MR) is 92.0 cm³/mol. The summed E-state index contributed by atoms with van der Waals surface area (Å²) in [6, 6.07) is 5.25. The maximum atomic E-state index is 12.5. The highest BCUT2D eigenvalue weighted by atomic mass is 32.2. The van der Waals surface area contributed by atoms with Crippen LogP contribution in [0.3, 0.4) is 0 Å². The lowest BCUT2D eigenvalue weighted by Crippen LogP contribution is -2.07. The van der Waals surface area contributed by atoms with Crippen LogP contribution in [-0.4, -0.2) is 37.0 Å². The van der Waals surface area contributed by atoms with Crippen LogP contribution < -0.4 is 0 Å². The number of aromatic amines is 1. The zero-order chi connectivity index (χ0) is 20.0. The number of hydrogen-bond donors (Lipinski definition) is 2. The number of nitrogens with zero attached hydrogens (tertiary/aromatic N) is 3. The molecule has 7 nitrogen and oxygen atoms in total. The number of halogens is 3. The molecule has 0 radical (unpaired) electrons. The highest BCUT2D eigenvalue weighted by molar-refractivity contribution is 7.99. The van der Waals surface area contributed by atoms with E-state index in [1.807, 2.05) is 13.8 Å². The van der Waals surface area contributed by atoms with Gasteiger partial charge in [-0.3, -0.25) is 14.9 Å². The molecule has 0 amide bonds. The number of thioether (sulfide) groups is 1. The van der Waals surface area contributed by atoms with Crippen LogP contribution in [0.15, 0.2) is 40.0 Å². The second-order valence-electron chi connectivity index (χ2n) is 4.74. The lowest BCUT2D eigenvalue weighted by Gasteiger charge is -2.05. The SMILES string of the molecule is CC.O=C(O)CSc1n[nH]c(-c2ccc(-c3ccc(C(F)(F)F)nc3)o2)n1. The molecule has 0 aliphatic rings. The molecule has 0 saturated heterocycles. The lowest BCUT2D eigenvalue weighted by molar-refractivity contribution is -0.141. The van der Waals surface area contributed by atoms with E-state index < -0.39 is 17.8 Å². The van der Waals surface area contributed by atoms with Crippen molar-refractivity contribution >= 4 is 17.7 Å². The minimum Gasteiger partial charge on any atom is -0.481 e. The molecule has 0 atom stereocenters. The van der Waals surface area contributed by atoms with Crippen molar-refractivity contribution in [2.45, 2.75) is 25.2 Å². The normalized spacial score (nSPS) is 11.0. The van der Waals surface area contributed by atoms with E-state index in [1.165, 1.54) is 6.07 Å². The molecular formula is C16H15F3N4O3S. The summed E-state index contributed by atoms with van der Waals surface area (Å²) in [5.74, 6) is -0.278. The van der Waals surface area contributed by atoms with Gasteiger partial charge in [-0.1, -0.05) is 25.6 Å². The van der Waals surface area contributed by atoms with Crippen molar-refractivity contribution in [2.75, 3.05) is 5.75 Å². The van der Waals surface area contributed by atoms with Crippen LogP contribution in [0.25, 0.3) is 22.9 Å². The van der Waals surface area contributed by atoms with Gasteiger partial charge < -0.3 is 9.52 Å².